The van der Waals surface area contributed by atoms with Gasteiger partial charge in [0, 0.05) is 30.2 Å². The van der Waals surface area contributed by atoms with Crippen molar-refractivity contribution in [2.24, 2.45) is 4.99 Å². The van der Waals surface area contributed by atoms with Gasteiger partial charge < -0.3 is 15.6 Å². The van der Waals surface area contributed by atoms with Crippen molar-refractivity contribution in [3.63, 3.8) is 0 Å². The van der Waals surface area contributed by atoms with Gasteiger partial charge in [-0.3, -0.25) is 4.72 Å². The van der Waals surface area contributed by atoms with Crippen LogP contribution < -0.4 is 15.4 Å². The number of hydrogen-bond acceptors (Lipinski definition) is 3. The van der Waals surface area contributed by atoms with E-state index in [-0.39, 0.29) is 29.8 Å². The van der Waals surface area contributed by atoms with Crippen LogP contribution in [0.15, 0.2) is 53.7 Å². The number of hydrogen-bond donors (Lipinski definition) is 4. The number of nitrogens with zero attached hydrogens (tertiary/aromatic N) is 1. The number of halogens is 2. The summed E-state index contributed by atoms with van der Waals surface area (Å²) in [6, 6.07) is 11.9. The zero-order chi connectivity index (χ0) is 21.6. The molecule has 1 aromatic heterocycles. The highest BCUT2D eigenvalue weighted by atomic mass is 127. The molecule has 4 N–H and O–H groups in total. The van der Waals surface area contributed by atoms with Crippen LogP contribution in [0.1, 0.15) is 18.1 Å². The number of H-pyrrole nitrogens is 1. The summed E-state index contributed by atoms with van der Waals surface area (Å²) in [5.41, 5.74) is 3.17. The van der Waals surface area contributed by atoms with E-state index < -0.39 is 10.0 Å². The second-order valence-corrected chi connectivity index (χ2v) is 8.66. The molecule has 10 heteroatoms. The van der Waals surface area contributed by atoms with Gasteiger partial charge in [-0.25, -0.2) is 17.8 Å². The van der Waals surface area contributed by atoms with Crippen LogP contribution in [0.4, 0.5) is 10.1 Å². The van der Waals surface area contributed by atoms with Gasteiger partial charge in [0.1, 0.15) is 5.82 Å². The summed E-state index contributed by atoms with van der Waals surface area (Å²) in [5.74, 6) is 0.374. The van der Waals surface area contributed by atoms with E-state index in [1.165, 1.54) is 12.1 Å². The molecule has 0 aliphatic heterocycles. The first-order valence-corrected chi connectivity index (χ1v) is 11.6. The third-order valence-electron chi connectivity index (χ3n) is 4.48. The smallest absolute Gasteiger partial charge is 0.229 e. The largest absolute Gasteiger partial charge is 0.361 e. The maximum Gasteiger partial charge on any atom is 0.229 e. The third kappa shape index (κ3) is 7.39. The predicted octanol–water partition coefficient (Wildman–Crippen LogP) is 3.59. The van der Waals surface area contributed by atoms with Crippen molar-refractivity contribution >= 4 is 56.5 Å². The predicted molar refractivity (Wildman–Crippen MR) is 135 cm³/mol. The lowest BCUT2D eigenvalue weighted by Crippen LogP contribution is -2.38. The topological polar surface area (TPSA) is 98.4 Å². The van der Waals surface area contributed by atoms with Crippen LogP contribution in [0.25, 0.3) is 10.9 Å². The van der Waals surface area contributed by atoms with Gasteiger partial charge in [-0.05, 0) is 48.7 Å². The maximum atomic E-state index is 13.3. The van der Waals surface area contributed by atoms with E-state index in [9.17, 15) is 12.8 Å². The molecule has 0 radical (unpaired) electrons. The summed E-state index contributed by atoms with van der Waals surface area (Å²) in [7, 11) is -3.36. The summed E-state index contributed by atoms with van der Waals surface area (Å²) in [5, 5.41) is 7.47. The van der Waals surface area contributed by atoms with E-state index in [0.29, 0.717) is 31.3 Å². The Hall–Kier alpha value is -2.34. The van der Waals surface area contributed by atoms with E-state index in [1.54, 1.807) is 18.2 Å². The Kier molecular flexibility index (Phi) is 9.11. The van der Waals surface area contributed by atoms with Gasteiger partial charge in [-0.15, -0.1) is 24.0 Å². The number of benzene rings is 2. The first-order chi connectivity index (χ1) is 14.4. The van der Waals surface area contributed by atoms with Crippen LogP contribution in [0.2, 0.25) is 0 Å². The minimum absolute atomic E-state index is 0. The van der Waals surface area contributed by atoms with Gasteiger partial charge in [0.2, 0.25) is 10.0 Å². The van der Waals surface area contributed by atoms with Crippen LogP contribution in [-0.2, 0) is 23.0 Å². The molecule has 0 spiro atoms. The summed E-state index contributed by atoms with van der Waals surface area (Å²) in [4.78, 5) is 7.66. The van der Waals surface area contributed by atoms with E-state index in [0.717, 1.165) is 34.7 Å². The Labute approximate surface area is 199 Å². The Bertz CT molecular complexity index is 1150. The van der Waals surface area contributed by atoms with Gasteiger partial charge in [0.15, 0.2) is 5.96 Å². The molecule has 0 aliphatic rings. The minimum atomic E-state index is -3.36. The number of aromatic nitrogens is 1. The van der Waals surface area contributed by atoms with Crippen molar-refractivity contribution in [2.45, 2.75) is 19.9 Å². The molecule has 0 fully saturated rings. The number of nitrogens with one attached hydrogen (secondary N) is 4. The van der Waals surface area contributed by atoms with Gasteiger partial charge in [-0.2, -0.15) is 0 Å². The molecule has 0 bridgehead atoms. The van der Waals surface area contributed by atoms with Crippen LogP contribution in [0.5, 0.6) is 0 Å². The second-order valence-electron chi connectivity index (χ2n) is 6.91. The number of guanidine groups is 1. The van der Waals surface area contributed by atoms with Crippen LogP contribution in [-0.4, -0.2) is 38.7 Å². The summed E-state index contributed by atoms with van der Waals surface area (Å²) in [6.45, 7) is 3.63. The molecule has 3 aromatic rings. The molecule has 0 saturated heterocycles. The minimum Gasteiger partial charge on any atom is -0.361 e. The van der Waals surface area contributed by atoms with Crippen molar-refractivity contribution in [1.82, 2.24) is 15.6 Å². The van der Waals surface area contributed by atoms with Crippen molar-refractivity contribution in [3.05, 3.63) is 65.6 Å². The average Bonchev–Trinajstić information content (AvgIpc) is 3.08. The molecule has 7 nitrogen and oxygen atoms in total. The van der Waals surface area contributed by atoms with Crippen molar-refractivity contribution in [2.75, 3.05) is 24.1 Å². The zero-order valence-electron chi connectivity index (χ0n) is 17.4. The van der Waals surface area contributed by atoms with Crippen molar-refractivity contribution in [1.29, 1.82) is 0 Å². The molecule has 1 heterocycles. The number of rotatable bonds is 8. The highest BCUT2D eigenvalue weighted by Crippen LogP contribution is 2.19. The molecular formula is C21H27FIN5O2S. The van der Waals surface area contributed by atoms with Crippen molar-refractivity contribution < 1.29 is 12.8 Å². The summed E-state index contributed by atoms with van der Waals surface area (Å²) < 4.78 is 39.0. The first kappa shape index (κ1) is 24.9. The van der Waals surface area contributed by atoms with E-state index >= 15 is 0 Å². The molecular weight excluding hydrogens is 532 g/mol. The van der Waals surface area contributed by atoms with Crippen LogP contribution >= 0.6 is 24.0 Å². The Morgan fingerprint density at radius 2 is 1.90 bits per heavy atom. The monoisotopic (exact) mass is 559 g/mol. The fraction of sp³-hybridized carbons (Fsp3) is 0.286. The Morgan fingerprint density at radius 3 is 2.65 bits per heavy atom. The van der Waals surface area contributed by atoms with Gasteiger partial charge in [0.25, 0.3) is 0 Å². The lowest BCUT2D eigenvalue weighted by molar-refractivity contribution is 0.606. The van der Waals surface area contributed by atoms with E-state index in [1.807, 2.05) is 25.3 Å². The Balaban J connectivity index is 0.00000341. The van der Waals surface area contributed by atoms with Crippen LogP contribution in [0, 0.1) is 5.82 Å². The quantitative estimate of drug-likeness (QED) is 0.193. The van der Waals surface area contributed by atoms with Gasteiger partial charge >= 0.3 is 0 Å². The molecule has 0 amide bonds. The summed E-state index contributed by atoms with van der Waals surface area (Å²) in [6.07, 6.45) is 3.75. The molecule has 31 heavy (non-hydrogen) atoms. The summed E-state index contributed by atoms with van der Waals surface area (Å²) >= 11 is 0. The van der Waals surface area contributed by atoms with Gasteiger partial charge in [-0.1, -0.05) is 18.2 Å². The first-order valence-electron chi connectivity index (χ1n) is 9.69. The average molecular weight is 559 g/mol. The van der Waals surface area contributed by atoms with E-state index in [4.69, 9.17) is 0 Å². The number of anilines is 1. The number of aliphatic imine (C=N–C) groups is 1. The number of para-hydroxylation sites is 1. The normalized spacial score (nSPS) is 11.8. The van der Waals surface area contributed by atoms with Gasteiger partial charge in [0.05, 0.1) is 18.5 Å². The lowest BCUT2D eigenvalue weighted by Gasteiger charge is -2.13. The van der Waals surface area contributed by atoms with Crippen molar-refractivity contribution in [3.8, 4) is 0 Å². The number of fused-ring (bicyclic) bond motifs is 1. The highest BCUT2D eigenvalue weighted by Gasteiger charge is 2.08. The molecule has 0 aliphatic carbocycles. The lowest BCUT2D eigenvalue weighted by atomic mass is 10.1. The fourth-order valence-electron chi connectivity index (χ4n) is 3.14. The van der Waals surface area contributed by atoms with E-state index in [2.05, 4.69) is 25.3 Å². The number of aromatic amines is 1. The second kappa shape index (κ2) is 11.3. The molecule has 168 valence electrons. The zero-order valence-corrected chi connectivity index (χ0v) is 20.6. The Morgan fingerprint density at radius 1 is 1.13 bits per heavy atom. The number of sulfonamides is 1. The molecule has 3 rings (SSSR count). The maximum absolute atomic E-state index is 13.3. The molecule has 0 atom stereocenters. The molecule has 2 aromatic carbocycles. The molecule has 0 saturated carbocycles. The highest BCUT2D eigenvalue weighted by molar-refractivity contribution is 14.0. The fourth-order valence-corrected chi connectivity index (χ4v) is 3.74. The molecule has 0 unspecified atom stereocenters. The standard InChI is InChI=1S/C21H26FN5O2S.HI/c1-3-23-21(26-14-16-6-4-5-7-19(16)27-30(2,28)29)24-11-10-15-13-25-20-12-17(22)8-9-18(15)20;/h4-9,12-13,25,27H,3,10-11,14H2,1-2H3,(H2,23,24,26);1H. The SMILES string of the molecule is CCNC(=NCc1ccccc1NS(C)(=O)=O)NCCc1c[nH]c2cc(F)ccc12.I. The third-order valence-corrected chi connectivity index (χ3v) is 5.07. The van der Waals surface area contributed by atoms with Crippen LogP contribution in [0.3, 0.4) is 0 Å².